The van der Waals surface area contributed by atoms with Gasteiger partial charge < -0.3 is 9.67 Å². The molecule has 0 aliphatic carbocycles. The highest BCUT2D eigenvalue weighted by Gasteiger charge is 2.16. The van der Waals surface area contributed by atoms with Crippen LogP contribution >= 0.6 is 11.6 Å². The number of carboxylic acid groups (broad SMARTS) is 1. The quantitative estimate of drug-likeness (QED) is 0.582. The van der Waals surface area contributed by atoms with E-state index in [1.807, 2.05) is 35.8 Å². The van der Waals surface area contributed by atoms with Crippen molar-refractivity contribution in [3.05, 3.63) is 64.8 Å². The number of aliphatic carboxylic acids is 1. The van der Waals surface area contributed by atoms with Crippen molar-refractivity contribution in [3.63, 3.8) is 0 Å². The van der Waals surface area contributed by atoms with Crippen LogP contribution in [0.5, 0.6) is 0 Å². The smallest absolute Gasteiger partial charge is 0.303 e. The number of aryl methyl sites for hydroxylation is 1. The molecule has 2 aromatic carbocycles. The highest BCUT2D eigenvalue weighted by Crippen LogP contribution is 2.27. The van der Waals surface area contributed by atoms with Crippen LogP contribution in [0.25, 0.3) is 10.9 Å². The van der Waals surface area contributed by atoms with Gasteiger partial charge in [0.15, 0.2) is 0 Å². The van der Waals surface area contributed by atoms with Gasteiger partial charge >= 0.3 is 5.97 Å². The molecule has 0 saturated heterocycles. The third-order valence-electron chi connectivity index (χ3n) is 4.70. The van der Waals surface area contributed by atoms with E-state index in [-0.39, 0.29) is 17.9 Å². The molecule has 0 amide bonds. The molecule has 0 saturated carbocycles. The number of rotatable bonds is 8. The lowest BCUT2D eigenvalue weighted by atomic mass is 10.1. The number of nitrogens with one attached hydrogen (secondary N) is 1. The van der Waals surface area contributed by atoms with Gasteiger partial charge in [0.1, 0.15) is 0 Å². The van der Waals surface area contributed by atoms with E-state index in [4.69, 9.17) is 16.7 Å². The first kappa shape index (κ1) is 20.4. The first-order valence-corrected chi connectivity index (χ1v) is 10.7. The monoisotopic (exact) mass is 420 g/mol. The fourth-order valence-corrected chi connectivity index (χ4v) is 4.47. The Labute approximate surface area is 168 Å². The van der Waals surface area contributed by atoms with Crippen LogP contribution in [0.3, 0.4) is 0 Å². The van der Waals surface area contributed by atoms with Crippen molar-refractivity contribution in [1.82, 2.24) is 9.29 Å². The number of nitrogens with zero attached hydrogens (tertiary/aromatic N) is 1. The molecule has 1 aromatic heterocycles. The number of hydrogen-bond donors (Lipinski definition) is 2. The lowest BCUT2D eigenvalue weighted by Gasteiger charge is -2.11. The SMILES string of the molecule is Cc1c(CCC(=O)O)c2ccccc2n1CCNS(=O)(=O)c1ccc(Cl)cc1. The molecule has 3 rings (SSSR count). The number of sulfonamides is 1. The van der Waals surface area contributed by atoms with Gasteiger partial charge in [-0.2, -0.15) is 0 Å². The van der Waals surface area contributed by atoms with Crippen LogP contribution in [0.1, 0.15) is 17.7 Å². The van der Waals surface area contributed by atoms with Gasteiger partial charge in [-0.15, -0.1) is 0 Å². The predicted octanol–water partition coefficient (Wildman–Crippen LogP) is 3.60. The Morgan fingerprint density at radius 2 is 1.82 bits per heavy atom. The zero-order valence-corrected chi connectivity index (χ0v) is 16.9. The second-order valence-electron chi connectivity index (χ2n) is 6.48. The molecule has 0 radical (unpaired) electrons. The molecule has 0 spiro atoms. The van der Waals surface area contributed by atoms with Crippen LogP contribution in [-0.2, 0) is 27.8 Å². The maximum atomic E-state index is 12.4. The molecule has 0 bridgehead atoms. The fourth-order valence-electron chi connectivity index (χ4n) is 3.33. The minimum absolute atomic E-state index is 0.0536. The highest BCUT2D eigenvalue weighted by molar-refractivity contribution is 7.89. The number of fused-ring (bicyclic) bond motifs is 1. The zero-order chi connectivity index (χ0) is 20.3. The van der Waals surface area contributed by atoms with E-state index < -0.39 is 16.0 Å². The van der Waals surface area contributed by atoms with Crippen molar-refractivity contribution >= 4 is 38.5 Å². The third kappa shape index (κ3) is 4.38. The zero-order valence-electron chi connectivity index (χ0n) is 15.4. The highest BCUT2D eigenvalue weighted by atomic mass is 35.5. The number of para-hydroxylation sites is 1. The molecule has 8 heteroatoms. The van der Waals surface area contributed by atoms with Gasteiger partial charge in [0.05, 0.1) is 4.90 Å². The summed E-state index contributed by atoms with van der Waals surface area (Å²) in [6, 6.07) is 13.8. The van der Waals surface area contributed by atoms with E-state index in [2.05, 4.69) is 4.72 Å². The summed E-state index contributed by atoms with van der Waals surface area (Å²) in [4.78, 5) is 11.1. The van der Waals surface area contributed by atoms with Gasteiger partial charge in [-0.1, -0.05) is 29.8 Å². The minimum Gasteiger partial charge on any atom is -0.481 e. The largest absolute Gasteiger partial charge is 0.481 e. The maximum Gasteiger partial charge on any atom is 0.303 e. The molecule has 6 nitrogen and oxygen atoms in total. The fraction of sp³-hybridized carbons (Fsp3) is 0.250. The normalized spacial score (nSPS) is 11.8. The molecule has 2 N–H and O–H groups in total. The number of carboxylic acids is 1. The van der Waals surface area contributed by atoms with Crippen molar-refractivity contribution < 1.29 is 18.3 Å². The van der Waals surface area contributed by atoms with Gasteiger partial charge in [0.25, 0.3) is 0 Å². The standard InChI is InChI=1S/C20H21ClN2O4S/c1-14-17(10-11-20(24)25)18-4-2-3-5-19(18)23(14)13-12-22-28(26,27)16-8-6-15(21)7-9-16/h2-9,22H,10-13H2,1H3,(H,24,25). The minimum atomic E-state index is -3.63. The molecule has 148 valence electrons. The van der Waals surface area contributed by atoms with E-state index in [0.29, 0.717) is 18.0 Å². The van der Waals surface area contributed by atoms with Crippen molar-refractivity contribution in [1.29, 1.82) is 0 Å². The van der Waals surface area contributed by atoms with Crippen LogP contribution in [0, 0.1) is 6.92 Å². The summed E-state index contributed by atoms with van der Waals surface area (Å²) in [5.41, 5.74) is 2.90. The molecule has 0 atom stereocenters. The Bertz CT molecular complexity index is 1110. The molecule has 28 heavy (non-hydrogen) atoms. The number of carbonyl (C=O) groups is 1. The Kier molecular flexibility index (Phi) is 6.07. The average molecular weight is 421 g/mol. The Morgan fingerprint density at radius 3 is 2.50 bits per heavy atom. The van der Waals surface area contributed by atoms with Gasteiger partial charge in [-0.05, 0) is 49.2 Å². The summed E-state index contributed by atoms with van der Waals surface area (Å²) in [5.74, 6) is -0.841. The van der Waals surface area contributed by atoms with Crippen molar-refractivity contribution in [3.8, 4) is 0 Å². The summed E-state index contributed by atoms with van der Waals surface area (Å²) in [6.45, 7) is 2.58. The van der Waals surface area contributed by atoms with Crippen LogP contribution in [-0.4, -0.2) is 30.6 Å². The van der Waals surface area contributed by atoms with Crippen LogP contribution in [0.4, 0.5) is 0 Å². The topological polar surface area (TPSA) is 88.4 Å². The molecule has 1 heterocycles. The molecule has 0 fully saturated rings. The molecule has 0 aliphatic heterocycles. The number of halogens is 1. The first-order chi connectivity index (χ1) is 13.3. The summed E-state index contributed by atoms with van der Waals surface area (Å²) >= 11 is 5.81. The summed E-state index contributed by atoms with van der Waals surface area (Å²) in [5, 5.41) is 10.5. The molecule has 3 aromatic rings. The van der Waals surface area contributed by atoms with Crippen molar-refractivity contribution in [2.45, 2.75) is 31.2 Å². The van der Waals surface area contributed by atoms with Gasteiger partial charge in [-0.25, -0.2) is 13.1 Å². The second-order valence-corrected chi connectivity index (χ2v) is 8.68. The van der Waals surface area contributed by atoms with E-state index in [1.54, 1.807) is 0 Å². The van der Waals surface area contributed by atoms with E-state index >= 15 is 0 Å². The Balaban J connectivity index is 1.80. The molecule has 0 aliphatic rings. The second kappa shape index (κ2) is 8.34. The van der Waals surface area contributed by atoms with Crippen molar-refractivity contribution in [2.24, 2.45) is 0 Å². The van der Waals surface area contributed by atoms with Crippen molar-refractivity contribution in [2.75, 3.05) is 6.54 Å². The maximum absolute atomic E-state index is 12.4. The van der Waals surface area contributed by atoms with Crippen LogP contribution in [0.15, 0.2) is 53.4 Å². The first-order valence-electron chi connectivity index (χ1n) is 8.83. The lowest BCUT2D eigenvalue weighted by Crippen LogP contribution is -2.27. The molecule has 0 unspecified atom stereocenters. The van der Waals surface area contributed by atoms with Crippen LogP contribution in [0.2, 0.25) is 5.02 Å². The van der Waals surface area contributed by atoms with E-state index in [9.17, 15) is 13.2 Å². The summed E-state index contributed by atoms with van der Waals surface area (Å²) in [6.07, 6.45) is 0.489. The van der Waals surface area contributed by atoms with Gasteiger partial charge in [0, 0.05) is 41.1 Å². The third-order valence-corrected chi connectivity index (χ3v) is 6.43. The summed E-state index contributed by atoms with van der Waals surface area (Å²) < 4.78 is 29.5. The lowest BCUT2D eigenvalue weighted by molar-refractivity contribution is -0.136. The van der Waals surface area contributed by atoms with Gasteiger partial charge in [-0.3, -0.25) is 4.79 Å². The number of hydrogen-bond acceptors (Lipinski definition) is 3. The Morgan fingerprint density at radius 1 is 1.14 bits per heavy atom. The average Bonchev–Trinajstić information content (AvgIpc) is 2.92. The Hall–Kier alpha value is -2.35. The predicted molar refractivity (Wildman–Crippen MR) is 109 cm³/mol. The van der Waals surface area contributed by atoms with E-state index in [0.717, 1.165) is 22.2 Å². The summed E-state index contributed by atoms with van der Waals surface area (Å²) in [7, 11) is -3.63. The van der Waals surface area contributed by atoms with Gasteiger partial charge in [0.2, 0.25) is 10.0 Å². The number of aromatic nitrogens is 1. The molecular formula is C20H21ClN2O4S. The van der Waals surface area contributed by atoms with E-state index in [1.165, 1.54) is 24.3 Å². The van der Waals surface area contributed by atoms with Crippen LogP contribution < -0.4 is 4.72 Å². The number of benzene rings is 2. The molecular weight excluding hydrogens is 400 g/mol.